The summed E-state index contributed by atoms with van der Waals surface area (Å²) in [6.45, 7) is 5.95. The third-order valence-electron chi connectivity index (χ3n) is 5.70. The van der Waals surface area contributed by atoms with E-state index >= 15 is 0 Å². The Morgan fingerprint density at radius 2 is 1.70 bits per heavy atom. The summed E-state index contributed by atoms with van der Waals surface area (Å²) >= 11 is 4.96. The molecule has 0 spiro atoms. The van der Waals surface area contributed by atoms with Crippen LogP contribution in [-0.4, -0.2) is 16.7 Å². The highest BCUT2D eigenvalue weighted by atomic mass is 79.9. The van der Waals surface area contributed by atoms with E-state index in [1.807, 2.05) is 81.1 Å². The van der Waals surface area contributed by atoms with E-state index in [0.29, 0.717) is 28.8 Å². The van der Waals surface area contributed by atoms with Crippen LogP contribution in [0.2, 0.25) is 0 Å². The molecule has 1 aromatic heterocycles. The Hall–Kier alpha value is -2.51. The summed E-state index contributed by atoms with van der Waals surface area (Å²) in [5, 5.41) is 3.06. The van der Waals surface area contributed by atoms with Crippen molar-refractivity contribution in [1.82, 2.24) is 4.57 Å². The van der Waals surface area contributed by atoms with Gasteiger partial charge >= 0.3 is 0 Å². The van der Waals surface area contributed by atoms with Crippen molar-refractivity contribution in [2.75, 3.05) is 11.6 Å². The third-order valence-corrected chi connectivity index (χ3v) is 7.20. The van der Waals surface area contributed by atoms with Gasteiger partial charge in [-0.25, -0.2) is 0 Å². The fourth-order valence-corrected chi connectivity index (χ4v) is 4.85. The molecule has 1 amide bonds. The zero-order valence-corrected chi connectivity index (χ0v) is 22.0. The molecule has 5 nitrogen and oxygen atoms in total. The average Bonchev–Trinajstić information content (AvgIpc) is 2.82. The van der Waals surface area contributed by atoms with Gasteiger partial charge in [0.15, 0.2) is 0 Å². The smallest absolute Gasteiger partial charge is 0.261 e. The number of carbonyl (C=O) groups excluding carboxylic acids is 1. The number of aryl methyl sites for hydroxylation is 2. The maximum Gasteiger partial charge on any atom is 0.261 e. The van der Waals surface area contributed by atoms with Gasteiger partial charge in [-0.3, -0.25) is 9.59 Å². The molecule has 0 saturated carbocycles. The maximum absolute atomic E-state index is 13.5. The summed E-state index contributed by atoms with van der Waals surface area (Å²) < 4.78 is 8.37. The number of anilines is 1. The van der Waals surface area contributed by atoms with Gasteiger partial charge in [0.1, 0.15) is 17.1 Å². The summed E-state index contributed by atoms with van der Waals surface area (Å²) in [6.07, 6.45) is 3.38. The number of carbonyl (C=O) groups is 1. The first-order chi connectivity index (χ1) is 15.8. The molecule has 0 radical (unpaired) electrons. The van der Waals surface area contributed by atoms with Gasteiger partial charge in [-0.1, -0.05) is 32.0 Å². The molecule has 2 aromatic carbocycles. The molecule has 33 heavy (non-hydrogen) atoms. The number of benzene rings is 2. The second-order valence-electron chi connectivity index (χ2n) is 7.74. The second-order valence-corrected chi connectivity index (χ2v) is 9.39. The number of thioether (sulfide) groups is 1. The number of amides is 1. The van der Waals surface area contributed by atoms with Gasteiger partial charge in [0.25, 0.3) is 5.91 Å². The minimum Gasteiger partial charge on any atom is -0.457 e. The van der Waals surface area contributed by atoms with Crippen LogP contribution in [0.1, 0.15) is 46.7 Å². The van der Waals surface area contributed by atoms with Crippen LogP contribution >= 0.6 is 27.7 Å². The van der Waals surface area contributed by atoms with E-state index in [1.54, 1.807) is 11.8 Å². The summed E-state index contributed by atoms with van der Waals surface area (Å²) in [5.74, 6) is 1.66. The van der Waals surface area contributed by atoms with Crippen LogP contribution in [0.5, 0.6) is 11.5 Å². The summed E-state index contributed by atoms with van der Waals surface area (Å²) in [6, 6.07) is 13.5. The Labute approximate surface area is 207 Å². The number of hydrogen-bond donors (Lipinski definition) is 1. The number of nitrogens with one attached hydrogen (secondary N) is 1. The highest BCUT2D eigenvalue weighted by molar-refractivity contribution is 9.10. The second kappa shape index (κ2) is 11.1. The predicted molar refractivity (Wildman–Crippen MR) is 141 cm³/mol. The normalized spacial score (nSPS) is 10.8. The van der Waals surface area contributed by atoms with E-state index in [-0.39, 0.29) is 16.9 Å². The fraction of sp³-hybridized carbons (Fsp3) is 0.308. The van der Waals surface area contributed by atoms with E-state index in [2.05, 4.69) is 21.2 Å². The number of aromatic nitrogens is 1. The molecule has 0 saturated heterocycles. The van der Waals surface area contributed by atoms with Crippen molar-refractivity contribution < 1.29 is 9.53 Å². The molecular formula is C26H29BrN2O3S. The molecule has 0 aliphatic heterocycles. The minimum atomic E-state index is -0.388. The van der Waals surface area contributed by atoms with Crippen molar-refractivity contribution >= 4 is 39.3 Å². The van der Waals surface area contributed by atoms with Gasteiger partial charge in [-0.15, -0.1) is 0 Å². The van der Waals surface area contributed by atoms with Gasteiger partial charge in [0.2, 0.25) is 5.43 Å². The highest BCUT2D eigenvalue weighted by Crippen LogP contribution is 2.32. The molecule has 3 rings (SSSR count). The van der Waals surface area contributed by atoms with E-state index in [1.165, 1.54) is 0 Å². The predicted octanol–water partition coefficient (Wildman–Crippen LogP) is 6.49. The Balaban J connectivity index is 2.05. The summed E-state index contributed by atoms with van der Waals surface area (Å²) in [5.41, 5.74) is 4.08. The quantitative estimate of drug-likeness (QED) is 0.363. The first-order valence-electron chi connectivity index (χ1n) is 10.9. The van der Waals surface area contributed by atoms with Crippen LogP contribution in [0.3, 0.4) is 0 Å². The van der Waals surface area contributed by atoms with E-state index in [0.717, 1.165) is 34.0 Å². The van der Waals surface area contributed by atoms with E-state index in [4.69, 9.17) is 4.74 Å². The SMILES string of the molecule is CCc1cc(Oc2ccccc2)cc(CC)c1NC(=O)c1c(CSC)n(C)c(C)c(Br)c1=O. The van der Waals surface area contributed by atoms with Crippen LogP contribution in [-0.2, 0) is 25.6 Å². The lowest BCUT2D eigenvalue weighted by Gasteiger charge is -2.20. The van der Waals surface area contributed by atoms with Gasteiger partial charge in [0.05, 0.1) is 4.47 Å². The van der Waals surface area contributed by atoms with Crippen molar-refractivity contribution in [2.24, 2.45) is 7.05 Å². The Morgan fingerprint density at radius 1 is 1.09 bits per heavy atom. The molecule has 1 N–H and O–H groups in total. The molecule has 0 aliphatic rings. The number of hydrogen-bond acceptors (Lipinski definition) is 4. The number of halogens is 1. The number of rotatable bonds is 8. The maximum atomic E-state index is 13.5. The monoisotopic (exact) mass is 528 g/mol. The molecule has 0 bridgehead atoms. The van der Waals surface area contributed by atoms with Gasteiger partial charge in [-0.2, -0.15) is 11.8 Å². The molecule has 0 unspecified atom stereocenters. The van der Waals surface area contributed by atoms with Crippen molar-refractivity contribution in [3.05, 3.63) is 85.2 Å². The summed E-state index contributed by atoms with van der Waals surface area (Å²) in [7, 11) is 1.88. The van der Waals surface area contributed by atoms with Crippen LogP contribution < -0.4 is 15.5 Å². The molecule has 0 fully saturated rings. The van der Waals surface area contributed by atoms with Crippen LogP contribution in [0.25, 0.3) is 0 Å². The van der Waals surface area contributed by atoms with Crippen molar-refractivity contribution in [2.45, 2.75) is 39.4 Å². The molecule has 3 aromatic rings. The zero-order valence-electron chi connectivity index (χ0n) is 19.6. The molecule has 0 aliphatic carbocycles. The van der Waals surface area contributed by atoms with Crippen LogP contribution in [0.15, 0.2) is 51.7 Å². The topological polar surface area (TPSA) is 60.3 Å². The number of para-hydroxylation sites is 1. The van der Waals surface area contributed by atoms with Crippen LogP contribution in [0, 0.1) is 6.92 Å². The first kappa shape index (κ1) is 25.1. The van der Waals surface area contributed by atoms with Crippen molar-refractivity contribution in [3.63, 3.8) is 0 Å². The molecule has 174 valence electrons. The standard InChI is InChI=1S/C26H29BrN2O3S/c1-6-17-13-20(32-19-11-9-8-10-12-19)14-18(7-2)24(17)28-26(31)22-21(15-33-5)29(4)16(3)23(27)25(22)30/h8-14H,6-7,15H2,1-5H3,(H,28,31). The first-order valence-corrected chi connectivity index (χ1v) is 13.1. The van der Waals surface area contributed by atoms with Gasteiger partial charge < -0.3 is 14.6 Å². The molecule has 1 heterocycles. The third kappa shape index (κ3) is 5.36. The summed E-state index contributed by atoms with van der Waals surface area (Å²) in [4.78, 5) is 26.6. The largest absolute Gasteiger partial charge is 0.457 e. The van der Waals surface area contributed by atoms with E-state index < -0.39 is 0 Å². The average molecular weight is 530 g/mol. The molecule has 7 heteroatoms. The van der Waals surface area contributed by atoms with Crippen molar-refractivity contribution in [1.29, 1.82) is 0 Å². The lowest BCUT2D eigenvalue weighted by molar-refractivity contribution is 0.102. The minimum absolute atomic E-state index is 0.179. The lowest BCUT2D eigenvalue weighted by Crippen LogP contribution is -2.29. The van der Waals surface area contributed by atoms with Crippen molar-refractivity contribution in [3.8, 4) is 11.5 Å². The Kier molecular flexibility index (Phi) is 8.43. The molecular weight excluding hydrogens is 500 g/mol. The van der Waals surface area contributed by atoms with Gasteiger partial charge in [0, 0.05) is 29.9 Å². The molecule has 0 atom stereocenters. The fourth-order valence-electron chi connectivity index (χ4n) is 3.78. The Bertz CT molecular complexity index is 1200. The number of ether oxygens (including phenoxy) is 1. The number of nitrogens with zero attached hydrogens (tertiary/aromatic N) is 1. The lowest BCUT2D eigenvalue weighted by atomic mass is 10.0. The number of pyridine rings is 1. The Morgan fingerprint density at radius 3 is 2.24 bits per heavy atom. The highest BCUT2D eigenvalue weighted by Gasteiger charge is 2.23. The zero-order chi connectivity index (χ0) is 24.1. The van der Waals surface area contributed by atoms with Crippen LogP contribution in [0.4, 0.5) is 5.69 Å². The van der Waals surface area contributed by atoms with Gasteiger partial charge in [-0.05, 0) is 77.3 Å². The van der Waals surface area contributed by atoms with E-state index in [9.17, 15) is 9.59 Å².